The van der Waals surface area contributed by atoms with E-state index in [-0.39, 0.29) is 25.7 Å². The zero-order chi connectivity index (χ0) is 67.5. The van der Waals surface area contributed by atoms with Crippen molar-refractivity contribution in [1.82, 2.24) is 0 Å². The number of phosphoric acid groups is 2. The Morgan fingerprint density at radius 2 is 0.576 bits per heavy atom. The summed E-state index contributed by atoms with van der Waals surface area (Å²) >= 11 is 0. The topological polar surface area (TPSA) is 237 Å². The highest BCUT2D eigenvalue weighted by Gasteiger charge is 2.30. The summed E-state index contributed by atoms with van der Waals surface area (Å²) in [4.78, 5) is 72.5. The highest BCUT2D eigenvalue weighted by Crippen LogP contribution is 2.45. The van der Waals surface area contributed by atoms with Gasteiger partial charge in [0.15, 0.2) is 12.2 Å². The Balaban J connectivity index is 5.25. The Labute approximate surface area is 559 Å². The van der Waals surface area contributed by atoms with E-state index in [0.717, 1.165) is 148 Å². The van der Waals surface area contributed by atoms with E-state index >= 15 is 0 Å². The molecule has 19 heteroatoms. The number of hydrogen-bond acceptors (Lipinski definition) is 15. The summed E-state index contributed by atoms with van der Waals surface area (Å²) in [6, 6.07) is 0. The van der Waals surface area contributed by atoms with Gasteiger partial charge in [-0.05, 0) is 83.5 Å². The maximum atomic E-state index is 13.0. The molecule has 0 aliphatic rings. The lowest BCUT2D eigenvalue weighted by molar-refractivity contribution is -0.161. The molecule has 0 radical (unpaired) electrons. The minimum Gasteiger partial charge on any atom is -0.462 e. The first kappa shape index (κ1) is 88.8. The molecule has 0 amide bonds. The lowest BCUT2D eigenvalue weighted by atomic mass is 10.1. The number of allylic oxidation sites excluding steroid dienone is 10. The number of ether oxygens (including phenoxy) is 4. The number of aliphatic hydroxyl groups excluding tert-OH is 1. The van der Waals surface area contributed by atoms with Gasteiger partial charge in [-0.3, -0.25) is 37.3 Å². The third kappa shape index (κ3) is 65.4. The molecule has 92 heavy (non-hydrogen) atoms. The number of hydrogen-bond donors (Lipinski definition) is 3. The second-order valence-corrected chi connectivity index (χ2v) is 27.4. The zero-order valence-electron chi connectivity index (χ0n) is 58.2. The molecule has 0 aromatic carbocycles. The number of carbonyl (C=O) groups is 4. The molecule has 0 saturated heterocycles. The van der Waals surface area contributed by atoms with Crippen LogP contribution in [0.25, 0.3) is 0 Å². The van der Waals surface area contributed by atoms with Gasteiger partial charge in [0.1, 0.15) is 19.3 Å². The number of esters is 4. The molecule has 0 saturated carbocycles. The average Bonchev–Trinajstić information content (AvgIpc) is 2.26. The molecule has 0 heterocycles. The first-order valence-corrected chi connectivity index (χ1v) is 39.5. The lowest BCUT2D eigenvalue weighted by Crippen LogP contribution is -2.30. The van der Waals surface area contributed by atoms with Gasteiger partial charge in [-0.25, -0.2) is 9.13 Å². The van der Waals surface area contributed by atoms with Crippen molar-refractivity contribution < 1.29 is 80.2 Å². The van der Waals surface area contributed by atoms with Crippen LogP contribution in [0.5, 0.6) is 0 Å². The maximum Gasteiger partial charge on any atom is 0.472 e. The zero-order valence-corrected chi connectivity index (χ0v) is 60.0. The Hall–Kier alpha value is -3.24. The third-order valence-electron chi connectivity index (χ3n) is 15.5. The van der Waals surface area contributed by atoms with E-state index < -0.39 is 97.5 Å². The summed E-state index contributed by atoms with van der Waals surface area (Å²) in [5.74, 6) is -2.17. The van der Waals surface area contributed by atoms with E-state index in [4.69, 9.17) is 37.0 Å². The number of phosphoric ester groups is 2. The number of unbranched alkanes of at least 4 members (excludes halogenated alkanes) is 33. The van der Waals surface area contributed by atoms with Crippen LogP contribution < -0.4 is 0 Å². The molecule has 0 bridgehead atoms. The summed E-state index contributed by atoms with van der Waals surface area (Å²) in [5.41, 5.74) is 0. The second-order valence-electron chi connectivity index (χ2n) is 24.5. The van der Waals surface area contributed by atoms with Crippen molar-refractivity contribution in [3.8, 4) is 0 Å². The van der Waals surface area contributed by atoms with Crippen LogP contribution in [0.3, 0.4) is 0 Å². The van der Waals surface area contributed by atoms with E-state index in [9.17, 15) is 43.2 Å². The summed E-state index contributed by atoms with van der Waals surface area (Å²) in [7, 11) is -9.92. The van der Waals surface area contributed by atoms with E-state index in [2.05, 4.69) is 88.5 Å². The van der Waals surface area contributed by atoms with Gasteiger partial charge >= 0.3 is 39.5 Å². The first-order valence-electron chi connectivity index (χ1n) is 36.5. The molecule has 5 unspecified atom stereocenters. The Bertz CT molecular complexity index is 1990. The van der Waals surface area contributed by atoms with E-state index in [1.54, 1.807) is 0 Å². The van der Waals surface area contributed by atoms with Crippen molar-refractivity contribution in [2.75, 3.05) is 39.6 Å². The van der Waals surface area contributed by atoms with Crippen LogP contribution in [0.4, 0.5) is 0 Å². The van der Waals surface area contributed by atoms with Crippen molar-refractivity contribution in [2.24, 2.45) is 0 Å². The van der Waals surface area contributed by atoms with Crippen LogP contribution in [0, 0.1) is 0 Å². The van der Waals surface area contributed by atoms with Crippen molar-refractivity contribution in [1.29, 1.82) is 0 Å². The number of aliphatic hydroxyl groups is 1. The second kappa shape index (κ2) is 66.4. The third-order valence-corrected chi connectivity index (χ3v) is 17.4. The fourth-order valence-electron chi connectivity index (χ4n) is 9.90. The van der Waals surface area contributed by atoms with Gasteiger partial charge in [0.05, 0.1) is 26.4 Å². The van der Waals surface area contributed by atoms with Crippen LogP contribution in [-0.2, 0) is 65.4 Å². The lowest BCUT2D eigenvalue weighted by Gasteiger charge is -2.21. The molecule has 0 fully saturated rings. The number of carbonyl (C=O) groups excluding carboxylic acids is 4. The molecule has 0 spiro atoms. The minimum atomic E-state index is -4.97. The van der Waals surface area contributed by atoms with Crippen molar-refractivity contribution >= 4 is 39.5 Å². The van der Waals surface area contributed by atoms with Gasteiger partial charge in [-0.2, -0.15) is 0 Å². The monoisotopic (exact) mass is 1340 g/mol. The van der Waals surface area contributed by atoms with E-state index in [0.29, 0.717) is 25.7 Å². The first-order chi connectivity index (χ1) is 44.7. The fraction of sp³-hybridized carbons (Fsp3) is 0.808. The Kier molecular flexibility index (Phi) is 64.0. The van der Waals surface area contributed by atoms with Crippen LogP contribution in [0.2, 0.25) is 0 Å². The summed E-state index contributed by atoms with van der Waals surface area (Å²) in [6.07, 6.45) is 62.3. The van der Waals surface area contributed by atoms with Crippen molar-refractivity contribution in [2.45, 2.75) is 341 Å². The summed E-state index contributed by atoms with van der Waals surface area (Å²) in [6.45, 7) is 4.71. The predicted molar refractivity (Wildman–Crippen MR) is 372 cm³/mol. The Morgan fingerprint density at radius 3 is 0.913 bits per heavy atom. The number of rotatable bonds is 69. The standard InChI is InChI=1S/C73H132O17P2/c1-5-9-13-17-21-25-29-30-31-32-33-34-35-36-40-42-46-50-54-58-71(76)84-64-69(90-73(78)60-56-52-48-44-39-28-24-20-16-12-8-4)66-88-92(81,82)86-62-67(74)61-85-91(79,80)87-65-68(89-72(77)59-55-51-47-43-38-27-23-19-15-11-7-3)63-83-70(75)57-53-49-45-41-37-26-22-18-14-10-6-2/h9,13,20-21,24-25,30-31,33-34,67-69,74H,5-8,10-12,14-19,22-23,26-29,32,35-66H2,1-4H3,(H,79,80)(H,81,82)/b13-9-,24-20-,25-21-,31-30-,34-33-. The molecular weight excluding hydrogens is 1210 g/mol. The fourth-order valence-corrected chi connectivity index (χ4v) is 11.5. The minimum absolute atomic E-state index is 0.0843. The van der Waals surface area contributed by atoms with Crippen LogP contribution in [0.15, 0.2) is 60.8 Å². The normalized spacial score (nSPS) is 14.4. The molecule has 5 atom stereocenters. The van der Waals surface area contributed by atoms with Gasteiger partial charge < -0.3 is 33.8 Å². The van der Waals surface area contributed by atoms with Gasteiger partial charge in [-0.15, -0.1) is 0 Å². The quantitative estimate of drug-likeness (QED) is 0.0169. The van der Waals surface area contributed by atoms with Gasteiger partial charge in [0, 0.05) is 25.7 Å². The van der Waals surface area contributed by atoms with Gasteiger partial charge in [0.2, 0.25) is 0 Å². The Morgan fingerprint density at radius 1 is 0.315 bits per heavy atom. The molecule has 0 aliphatic carbocycles. The SMILES string of the molecule is CC/C=C\C/C=C\C/C=C\C/C=C\CCCCCCCCC(=O)OCC(COP(=O)(O)OCC(O)COP(=O)(O)OCC(COC(=O)CCCCCCCCCCCCC)OC(=O)CCCCCCCCCCCCC)OC(=O)CCCCCCC/C=C\CCCC. The molecule has 536 valence electrons. The molecule has 0 rings (SSSR count). The van der Waals surface area contributed by atoms with Gasteiger partial charge in [-0.1, -0.05) is 275 Å². The highest BCUT2D eigenvalue weighted by molar-refractivity contribution is 7.47. The largest absolute Gasteiger partial charge is 0.472 e. The molecule has 0 aromatic rings. The molecule has 17 nitrogen and oxygen atoms in total. The predicted octanol–water partition coefficient (Wildman–Crippen LogP) is 20.3. The van der Waals surface area contributed by atoms with Crippen LogP contribution >= 0.6 is 15.6 Å². The molecule has 0 aromatic heterocycles. The van der Waals surface area contributed by atoms with Crippen molar-refractivity contribution in [3.05, 3.63) is 60.8 Å². The van der Waals surface area contributed by atoms with E-state index in [1.807, 2.05) is 0 Å². The van der Waals surface area contributed by atoms with E-state index in [1.165, 1.54) is 96.3 Å². The van der Waals surface area contributed by atoms with Crippen LogP contribution in [-0.4, -0.2) is 96.7 Å². The summed E-state index contributed by atoms with van der Waals surface area (Å²) in [5, 5.41) is 10.6. The molecule has 3 N–H and O–H groups in total. The molecular formula is C73H132O17P2. The highest BCUT2D eigenvalue weighted by atomic mass is 31.2. The van der Waals surface area contributed by atoms with Crippen LogP contribution in [0.1, 0.15) is 323 Å². The smallest absolute Gasteiger partial charge is 0.462 e. The molecule has 0 aliphatic heterocycles. The average molecular weight is 1340 g/mol. The maximum absolute atomic E-state index is 13.0. The van der Waals surface area contributed by atoms with Crippen molar-refractivity contribution in [3.63, 3.8) is 0 Å². The van der Waals surface area contributed by atoms with Gasteiger partial charge in [0.25, 0.3) is 0 Å². The summed E-state index contributed by atoms with van der Waals surface area (Å²) < 4.78 is 68.2.